The second-order valence-electron chi connectivity index (χ2n) is 6.64. The average Bonchev–Trinajstić information content (AvgIpc) is 2.63. The molecule has 0 spiro atoms. The largest absolute Gasteiger partial charge is 0.478 e. The summed E-state index contributed by atoms with van der Waals surface area (Å²) in [5.41, 5.74) is 1.31. The molecule has 116 valence electrons. The van der Waals surface area contributed by atoms with Crippen LogP contribution < -0.4 is 5.32 Å². The number of aryl methyl sites for hydroxylation is 1. The van der Waals surface area contributed by atoms with Gasteiger partial charge in [0.15, 0.2) is 0 Å². The maximum absolute atomic E-state index is 11.9. The summed E-state index contributed by atoms with van der Waals surface area (Å²) in [6, 6.07) is 0. The van der Waals surface area contributed by atoms with Crippen molar-refractivity contribution in [2.45, 2.75) is 33.1 Å². The van der Waals surface area contributed by atoms with Gasteiger partial charge >= 0.3 is 5.97 Å². The van der Waals surface area contributed by atoms with Gasteiger partial charge in [-0.3, -0.25) is 4.79 Å². The van der Waals surface area contributed by atoms with Crippen LogP contribution >= 0.6 is 11.3 Å². The zero-order chi connectivity index (χ0) is 15.8. The maximum atomic E-state index is 11.9. The summed E-state index contributed by atoms with van der Waals surface area (Å²) in [6.07, 6.45) is 2.69. The van der Waals surface area contributed by atoms with Crippen LogP contribution in [0.3, 0.4) is 0 Å². The minimum absolute atomic E-state index is 0.114. The van der Waals surface area contributed by atoms with Crippen molar-refractivity contribution in [3.63, 3.8) is 0 Å². The van der Waals surface area contributed by atoms with Gasteiger partial charge in [-0.25, -0.2) is 4.79 Å². The lowest BCUT2D eigenvalue weighted by atomic mass is 9.76. The van der Waals surface area contributed by atoms with Crippen LogP contribution in [0.4, 0.5) is 5.00 Å². The number of fused-ring (bicyclic) bond motifs is 1. The molecular weight excluding hydrogens is 288 g/mol. The number of nitrogens with zero attached hydrogens (tertiary/aromatic N) is 1. The summed E-state index contributed by atoms with van der Waals surface area (Å²) in [6.45, 7) is 4.56. The number of aromatic carboxylic acids is 1. The first-order valence-corrected chi connectivity index (χ1v) is 7.84. The third kappa shape index (κ3) is 3.63. The molecule has 0 atom stereocenters. The number of carboxylic acid groups (broad SMARTS) is 1. The fourth-order valence-corrected chi connectivity index (χ4v) is 3.91. The molecule has 0 aliphatic heterocycles. The molecule has 6 heteroatoms. The van der Waals surface area contributed by atoms with Crippen molar-refractivity contribution in [1.29, 1.82) is 0 Å². The summed E-state index contributed by atoms with van der Waals surface area (Å²) in [5, 5.41) is 12.8. The minimum Gasteiger partial charge on any atom is -0.478 e. The molecule has 2 N–H and O–H groups in total. The van der Waals surface area contributed by atoms with Crippen LogP contribution in [0.1, 0.15) is 41.1 Å². The molecule has 0 saturated carbocycles. The van der Waals surface area contributed by atoms with Crippen molar-refractivity contribution >= 4 is 28.2 Å². The van der Waals surface area contributed by atoms with Crippen LogP contribution in [-0.2, 0) is 17.6 Å². The first-order valence-electron chi connectivity index (χ1n) is 7.02. The number of thiophene rings is 1. The molecule has 21 heavy (non-hydrogen) atoms. The number of likely N-dealkylation sites (N-methyl/N-ethyl adjacent to an activating group) is 1. The number of nitrogens with one attached hydrogen (secondary N) is 1. The Balaban J connectivity index is 2.33. The Morgan fingerprint density at radius 3 is 2.62 bits per heavy atom. The quantitative estimate of drug-likeness (QED) is 0.896. The monoisotopic (exact) mass is 310 g/mol. The summed E-state index contributed by atoms with van der Waals surface area (Å²) in [5.74, 6) is -1.13. The Labute approximate surface area is 129 Å². The Bertz CT molecular complexity index is 576. The molecule has 0 aromatic carbocycles. The fourth-order valence-electron chi connectivity index (χ4n) is 2.69. The summed E-state index contributed by atoms with van der Waals surface area (Å²) < 4.78 is 0. The number of carbonyl (C=O) groups excluding carboxylic acids is 1. The zero-order valence-corrected chi connectivity index (χ0v) is 13.8. The van der Waals surface area contributed by atoms with Gasteiger partial charge in [0.2, 0.25) is 5.91 Å². The molecule has 0 saturated heterocycles. The van der Waals surface area contributed by atoms with Gasteiger partial charge in [-0.1, -0.05) is 13.8 Å². The number of rotatable bonds is 4. The van der Waals surface area contributed by atoms with E-state index < -0.39 is 5.97 Å². The minimum atomic E-state index is -0.953. The lowest BCUT2D eigenvalue weighted by Crippen LogP contribution is -2.27. The van der Waals surface area contributed by atoms with Crippen LogP contribution in [-0.4, -0.2) is 42.5 Å². The van der Waals surface area contributed by atoms with E-state index in [2.05, 4.69) is 19.2 Å². The standard InChI is InChI=1S/C15H22N2O3S/c1-15(2)6-5-10-9(7-15)12(14(19)20)13(21-10)16-11(18)8-17(3)4/h5-8H2,1-4H3,(H,16,18)(H,19,20). The summed E-state index contributed by atoms with van der Waals surface area (Å²) >= 11 is 1.42. The number of amides is 1. The van der Waals surface area contributed by atoms with E-state index in [1.807, 2.05) is 0 Å². The van der Waals surface area contributed by atoms with E-state index in [9.17, 15) is 14.7 Å². The van der Waals surface area contributed by atoms with E-state index in [0.29, 0.717) is 5.00 Å². The van der Waals surface area contributed by atoms with Crippen molar-refractivity contribution in [2.75, 3.05) is 26.0 Å². The highest BCUT2D eigenvalue weighted by atomic mass is 32.1. The Hall–Kier alpha value is -1.40. The third-order valence-corrected chi connectivity index (χ3v) is 4.91. The van der Waals surface area contributed by atoms with Crippen LogP contribution in [0.25, 0.3) is 0 Å². The zero-order valence-electron chi connectivity index (χ0n) is 12.9. The molecule has 0 radical (unpaired) electrons. The van der Waals surface area contributed by atoms with E-state index in [0.717, 1.165) is 29.7 Å². The normalized spacial score (nSPS) is 16.6. The Morgan fingerprint density at radius 2 is 2.05 bits per heavy atom. The average molecular weight is 310 g/mol. The van der Waals surface area contributed by atoms with Crippen molar-refractivity contribution in [1.82, 2.24) is 4.90 Å². The number of carboxylic acids is 1. The maximum Gasteiger partial charge on any atom is 0.339 e. The van der Waals surface area contributed by atoms with Crippen molar-refractivity contribution in [3.05, 3.63) is 16.0 Å². The fraction of sp³-hybridized carbons (Fsp3) is 0.600. The molecule has 2 rings (SSSR count). The SMILES string of the molecule is CN(C)CC(=O)Nc1sc2c(c1C(=O)O)CC(C)(C)CC2. The molecule has 0 unspecified atom stereocenters. The third-order valence-electron chi connectivity index (χ3n) is 3.70. The van der Waals surface area contributed by atoms with Crippen LogP contribution in [0, 0.1) is 5.41 Å². The molecule has 1 aromatic rings. The van der Waals surface area contributed by atoms with Crippen LogP contribution in [0.5, 0.6) is 0 Å². The van der Waals surface area contributed by atoms with E-state index in [-0.39, 0.29) is 23.4 Å². The highest BCUT2D eigenvalue weighted by molar-refractivity contribution is 7.17. The number of anilines is 1. The smallest absolute Gasteiger partial charge is 0.339 e. The van der Waals surface area contributed by atoms with Crippen LogP contribution in [0.15, 0.2) is 0 Å². The highest BCUT2D eigenvalue weighted by Gasteiger charge is 2.33. The van der Waals surface area contributed by atoms with Gasteiger partial charge in [0.05, 0.1) is 12.1 Å². The second-order valence-corrected chi connectivity index (χ2v) is 7.75. The number of hydrogen-bond acceptors (Lipinski definition) is 4. The molecule has 1 aliphatic rings. The Kier molecular flexibility index (Phi) is 4.39. The molecule has 1 heterocycles. The van der Waals surface area contributed by atoms with Gasteiger partial charge in [0, 0.05) is 4.88 Å². The van der Waals surface area contributed by atoms with Crippen LogP contribution in [0.2, 0.25) is 0 Å². The first kappa shape index (κ1) is 16.0. The predicted molar refractivity (Wildman–Crippen MR) is 84.3 cm³/mol. The molecule has 5 nitrogen and oxygen atoms in total. The molecule has 1 aromatic heterocycles. The van der Waals surface area contributed by atoms with E-state index in [1.165, 1.54) is 11.3 Å². The van der Waals surface area contributed by atoms with Crippen molar-refractivity contribution < 1.29 is 14.7 Å². The first-order chi connectivity index (χ1) is 9.69. The van der Waals surface area contributed by atoms with E-state index in [4.69, 9.17) is 0 Å². The van der Waals surface area contributed by atoms with Gasteiger partial charge in [-0.15, -0.1) is 11.3 Å². The van der Waals surface area contributed by atoms with Gasteiger partial charge in [-0.05, 0) is 44.3 Å². The summed E-state index contributed by atoms with van der Waals surface area (Å²) in [4.78, 5) is 26.4. The molecular formula is C15H22N2O3S. The molecule has 0 fully saturated rings. The Morgan fingerprint density at radius 1 is 1.38 bits per heavy atom. The highest BCUT2D eigenvalue weighted by Crippen LogP contribution is 2.43. The van der Waals surface area contributed by atoms with E-state index in [1.54, 1.807) is 19.0 Å². The number of hydrogen-bond donors (Lipinski definition) is 2. The predicted octanol–water partition coefficient (Wildman–Crippen LogP) is 2.46. The topological polar surface area (TPSA) is 69.6 Å². The van der Waals surface area contributed by atoms with Gasteiger partial charge in [0.25, 0.3) is 0 Å². The molecule has 0 bridgehead atoms. The van der Waals surface area contributed by atoms with Gasteiger partial charge in [0.1, 0.15) is 5.00 Å². The summed E-state index contributed by atoms with van der Waals surface area (Å²) in [7, 11) is 3.61. The van der Waals surface area contributed by atoms with Crippen molar-refractivity contribution in [3.8, 4) is 0 Å². The second kappa shape index (κ2) is 5.77. The molecule has 1 aliphatic carbocycles. The van der Waals surface area contributed by atoms with Crippen molar-refractivity contribution in [2.24, 2.45) is 5.41 Å². The van der Waals surface area contributed by atoms with Gasteiger partial charge in [-0.2, -0.15) is 0 Å². The lowest BCUT2D eigenvalue weighted by Gasteiger charge is -2.29. The van der Waals surface area contributed by atoms with Gasteiger partial charge < -0.3 is 15.3 Å². The number of carbonyl (C=O) groups is 2. The molecule has 1 amide bonds. The lowest BCUT2D eigenvalue weighted by molar-refractivity contribution is -0.116. The van der Waals surface area contributed by atoms with E-state index >= 15 is 0 Å².